The normalized spacial score (nSPS) is 35.2. The van der Waals surface area contributed by atoms with Gasteiger partial charge >= 0.3 is 0 Å². The van der Waals surface area contributed by atoms with Crippen molar-refractivity contribution >= 4 is 0 Å². The molecule has 0 spiro atoms. The fourth-order valence-electron chi connectivity index (χ4n) is 1.72. The third kappa shape index (κ3) is 2.17. The molecule has 1 saturated heterocycles. The summed E-state index contributed by atoms with van der Waals surface area (Å²) in [4.78, 5) is 0. The van der Waals surface area contributed by atoms with E-state index in [1.54, 1.807) is 0 Å². The molecule has 1 rings (SSSR count). The average molecular weight is 157 g/mol. The molecule has 11 heavy (non-hydrogen) atoms. The Morgan fingerprint density at radius 3 is 2.91 bits per heavy atom. The molecule has 1 aliphatic heterocycles. The molecule has 1 heterocycles. The highest BCUT2D eigenvalue weighted by Crippen LogP contribution is 2.18. The third-order valence-electron chi connectivity index (χ3n) is 2.67. The van der Waals surface area contributed by atoms with Gasteiger partial charge in [0.15, 0.2) is 0 Å². The summed E-state index contributed by atoms with van der Waals surface area (Å²) in [5.74, 6) is 1.44. The maximum absolute atomic E-state index is 5.30. The first-order valence-electron chi connectivity index (χ1n) is 4.56. The van der Waals surface area contributed by atoms with Gasteiger partial charge in [0.05, 0.1) is 13.3 Å². The zero-order chi connectivity index (χ0) is 8.27. The van der Waals surface area contributed by atoms with E-state index >= 15 is 0 Å². The van der Waals surface area contributed by atoms with Crippen molar-refractivity contribution in [1.82, 2.24) is 5.32 Å². The summed E-state index contributed by atoms with van der Waals surface area (Å²) < 4.78 is 5.30. The number of nitrogens with one attached hydrogen (secondary N) is 1. The molecular formula is C9H19NO. The van der Waals surface area contributed by atoms with Crippen LogP contribution in [0.25, 0.3) is 0 Å². The summed E-state index contributed by atoms with van der Waals surface area (Å²) in [6.07, 6.45) is 1.25. The number of hydrogen-bond acceptors (Lipinski definition) is 2. The molecule has 1 N–H and O–H groups in total. The van der Waals surface area contributed by atoms with Gasteiger partial charge in [-0.2, -0.15) is 0 Å². The lowest BCUT2D eigenvalue weighted by atomic mass is 9.89. The third-order valence-corrected chi connectivity index (χ3v) is 2.67. The highest BCUT2D eigenvalue weighted by molar-refractivity contribution is 4.79. The summed E-state index contributed by atoms with van der Waals surface area (Å²) in [5.41, 5.74) is 0. The van der Waals surface area contributed by atoms with Crippen molar-refractivity contribution in [1.29, 1.82) is 0 Å². The van der Waals surface area contributed by atoms with Gasteiger partial charge in [-0.25, -0.2) is 0 Å². The molecule has 0 radical (unpaired) electrons. The van der Waals surface area contributed by atoms with E-state index in [1.165, 1.54) is 6.42 Å². The van der Waals surface area contributed by atoms with Crippen LogP contribution in [0.1, 0.15) is 27.2 Å². The van der Waals surface area contributed by atoms with Crippen molar-refractivity contribution < 1.29 is 4.74 Å². The Hall–Kier alpha value is -0.0800. The van der Waals surface area contributed by atoms with Gasteiger partial charge in [-0.15, -0.1) is 0 Å². The minimum absolute atomic E-state index is 0.661. The molecule has 2 heteroatoms. The van der Waals surface area contributed by atoms with Crippen LogP contribution >= 0.6 is 0 Å². The van der Waals surface area contributed by atoms with E-state index in [0.717, 1.165) is 19.3 Å². The van der Waals surface area contributed by atoms with Gasteiger partial charge in [-0.1, -0.05) is 27.2 Å². The lowest BCUT2D eigenvalue weighted by Crippen LogP contribution is -2.47. The molecular weight excluding hydrogens is 138 g/mol. The SMILES string of the molecule is CCC(C)C1NCOC[C@H]1C. The smallest absolute Gasteiger partial charge is 0.0967 e. The Labute approximate surface area is 69.3 Å². The largest absolute Gasteiger partial charge is 0.366 e. The Morgan fingerprint density at radius 1 is 1.64 bits per heavy atom. The molecule has 0 aliphatic carbocycles. The van der Waals surface area contributed by atoms with Crippen LogP contribution < -0.4 is 5.32 Å². The molecule has 3 atom stereocenters. The van der Waals surface area contributed by atoms with Crippen LogP contribution in [0.3, 0.4) is 0 Å². The maximum atomic E-state index is 5.30. The van der Waals surface area contributed by atoms with Crippen LogP contribution in [0.5, 0.6) is 0 Å². The van der Waals surface area contributed by atoms with Crippen molar-refractivity contribution in [2.24, 2.45) is 11.8 Å². The predicted octanol–water partition coefficient (Wildman–Crippen LogP) is 1.61. The predicted molar refractivity (Wildman–Crippen MR) is 46.4 cm³/mol. The first-order chi connectivity index (χ1) is 5.25. The number of hydrogen-bond donors (Lipinski definition) is 1. The summed E-state index contributed by atoms with van der Waals surface area (Å²) >= 11 is 0. The van der Waals surface area contributed by atoms with Gasteiger partial charge in [0.25, 0.3) is 0 Å². The van der Waals surface area contributed by atoms with Crippen LogP contribution in [0.2, 0.25) is 0 Å². The van der Waals surface area contributed by atoms with Crippen LogP contribution in [0, 0.1) is 11.8 Å². The van der Waals surface area contributed by atoms with Crippen molar-refractivity contribution in [2.45, 2.75) is 33.2 Å². The van der Waals surface area contributed by atoms with E-state index in [9.17, 15) is 0 Å². The minimum Gasteiger partial charge on any atom is -0.366 e. The maximum Gasteiger partial charge on any atom is 0.0967 e. The molecule has 0 aromatic rings. The highest BCUT2D eigenvalue weighted by atomic mass is 16.5. The average Bonchev–Trinajstić information content (AvgIpc) is 2.04. The zero-order valence-electron chi connectivity index (χ0n) is 7.76. The van der Waals surface area contributed by atoms with Crippen LogP contribution in [-0.2, 0) is 4.74 Å². The summed E-state index contributed by atoms with van der Waals surface area (Å²) in [6.45, 7) is 8.46. The van der Waals surface area contributed by atoms with Gasteiger partial charge in [-0.05, 0) is 11.8 Å². The molecule has 1 aliphatic rings. The van der Waals surface area contributed by atoms with E-state index in [1.807, 2.05) is 0 Å². The second-order valence-corrected chi connectivity index (χ2v) is 3.61. The topological polar surface area (TPSA) is 21.3 Å². The first kappa shape index (κ1) is 9.01. The standard InChI is InChI=1S/C9H19NO/c1-4-7(2)9-8(3)5-11-6-10-9/h7-10H,4-6H2,1-3H3/t7?,8-,9?/m1/s1. The Balaban J connectivity index is 2.40. The molecule has 0 saturated carbocycles. The summed E-state index contributed by atoms with van der Waals surface area (Å²) in [6, 6.07) is 0.661. The van der Waals surface area contributed by atoms with Crippen LogP contribution in [0.4, 0.5) is 0 Å². The van der Waals surface area contributed by atoms with Crippen LogP contribution in [-0.4, -0.2) is 19.4 Å². The Bertz CT molecular complexity index is 112. The van der Waals surface area contributed by atoms with Gasteiger partial charge in [0.1, 0.15) is 0 Å². The number of rotatable bonds is 2. The lowest BCUT2D eigenvalue weighted by molar-refractivity contribution is 0.00945. The van der Waals surface area contributed by atoms with E-state index in [2.05, 4.69) is 26.1 Å². The summed E-state index contributed by atoms with van der Waals surface area (Å²) in [7, 11) is 0. The first-order valence-corrected chi connectivity index (χ1v) is 4.56. The lowest BCUT2D eigenvalue weighted by Gasteiger charge is -2.34. The molecule has 1 fully saturated rings. The molecule has 0 bridgehead atoms. The highest BCUT2D eigenvalue weighted by Gasteiger charge is 2.24. The molecule has 0 aromatic carbocycles. The van der Waals surface area contributed by atoms with Crippen molar-refractivity contribution in [3.63, 3.8) is 0 Å². The van der Waals surface area contributed by atoms with E-state index in [-0.39, 0.29) is 0 Å². The number of ether oxygens (including phenoxy) is 1. The van der Waals surface area contributed by atoms with Gasteiger partial charge < -0.3 is 4.74 Å². The molecule has 0 aromatic heterocycles. The van der Waals surface area contributed by atoms with Gasteiger partial charge in [0.2, 0.25) is 0 Å². The van der Waals surface area contributed by atoms with Crippen molar-refractivity contribution in [3.05, 3.63) is 0 Å². The quantitative estimate of drug-likeness (QED) is 0.657. The Morgan fingerprint density at radius 2 is 2.36 bits per heavy atom. The monoisotopic (exact) mass is 157 g/mol. The minimum atomic E-state index is 0.661. The zero-order valence-corrected chi connectivity index (χ0v) is 7.76. The molecule has 0 amide bonds. The second-order valence-electron chi connectivity index (χ2n) is 3.61. The van der Waals surface area contributed by atoms with Crippen molar-refractivity contribution in [3.8, 4) is 0 Å². The fraction of sp³-hybridized carbons (Fsp3) is 1.00. The van der Waals surface area contributed by atoms with Crippen LogP contribution in [0.15, 0.2) is 0 Å². The van der Waals surface area contributed by atoms with Crippen molar-refractivity contribution in [2.75, 3.05) is 13.3 Å². The van der Waals surface area contributed by atoms with E-state index in [4.69, 9.17) is 4.74 Å². The fourth-order valence-corrected chi connectivity index (χ4v) is 1.72. The summed E-state index contributed by atoms with van der Waals surface area (Å²) in [5, 5.41) is 3.40. The second kappa shape index (κ2) is 4.07. The van der Waals surface area contributed by atoms with E-state index in [0.29, 0.717) is 12.0 Å². The van der Waals surface area contributed by atoms with Gasteiger partial charge in [0, 0.05) is 6.04 Å². The molecule has 2 nitrogen and oxygen atoms in total. The Kier molecular flexibility index (Phi) is 3.34. The molecule has 2 unspecified atom stereocenters. The molecule has 66 valence electrons. The van der Waals surface area contributed by atoms with Gasteiger partial charge in [-0.3, -0.25) is 5.32 Å². The van der Waals surface area contributed by atoms with E-state index < -0.39 is 0 Å².